The quantitative estimate of drug-likeness (QED) is 0.828. The van der Waals surface area contributed by atoms with Gasteiger partial charge in [-0.3, -0.25) is 4.98 Å². The molecule has 3 rings (SSSR count). The van der Waals surface area contributed by atoms with E-state index >= 15 is 0 Å². The van der Waals surface area contributed by atoms with E-state index in [0.29, 0.717) is 6.04 Å². The lowest BCUT2D eigenvalue weighted by Crippen LogP contribution is -1.99. The molecule has 2 aromatic heterocycles. The fraction of sp³-hybridized carbons (Fsp3) is 0.455. The largest absolute Gasteiger partial charge is 0.388 e. The van der Waals surface area contributed by atoms with Crippen LogP contribution in [0.15, 0.2) is 23.5 Å². The normalized spacial score (nSPS) is 14.7. The summed E-state index contributed by atoms with van der Waals surface area (Å²) in [6.07, 6.45) is 4.18. The van der Waals surface area contributed by atoms with E-state index in [1.165, 1.54) is 12.8 Å². The van der Waals surface area contributed by atoms with Crippen molar-refractivity contribution in [2.24, 2.45) is 0 Å². The Labute approximate surface area is 109 Å². The molecule has 6 nitrogen and oxygen atoms in total. The molecular formula is C11H14N6S. The lowest BCUT2D eigenvalue weighted by atomic mass is 10.3. The highest BCUT2D eigenvalue weighted by atomic mass is 32.2. The molecule has 0 aromatic carbocycles. The first-order valence-electron chi connectivity index (χ1n) is 5.90. The van der Waals surface area contributed by atoms with E-state index < -0.39 is 0 Å². The minimum atomic E-state index is 0.513. The molecule has 2 aromatic rings. The summed E-state index contributed by atoms with van der Waals surface area (Å²) in [5.41, 5.74) is 2.10. The Kier molecular flexibility index (Phi) is 3.14. The first kappa shape index (κ1) is 11.5. The molecule has 0 unspecified atom stereocenters. The van der Waals surface area contributed by atoms with Gasteiger partial charge in [-0.15, -0.1) is 5.10 Å². The minimum Gasteiger partial charge on any atom is -0.388 e. The molecule has 0 atom stereocenters. The van der Waals surface area contributed by atoms with Gasteiger partial charge < -0.3 is 5.32 Å². The zero-order valence-corrected chi connectivity index (χ0v) is 10.9. The van der Waals surface area contributed by atoms with Gasteiger partial charge in [-0.2, -0.15) is 0 Å². The highest BCUT2D eigenvalue weighted by Crippen LogP contribution is 2.36. The average Bonchev–Trinajstić information content (AvgIpc) is 3.15. The zero-order chi connectivity index (χ0) is 12.4. The lowest BCUT2D eigenvalue weighted by Gasteiger charge is -2.04. The topological polar surface area (TPSA) is 68.5 Å². The van der Waals surface area contributed by atoms with Gasteiger partial charge in [0.1, 0.15) is 0 Å². The summed E-state index contributed by atoms with van der Waals surface area (Å²) in [6.45, 7) is 0. The van der Waals surface area contributed by atoms with Crippen molar-refractivity contribution < 1.29 is 0 Å². The fourth-order valence-electron chi connectivity index (χ4n) is 1.68. The van der Waals surface area contributed by atoms with Crippen LogP contribution in [0.1, 0.15) is 24.6 Å². The van der Waals surface area contributed by atoms with Crippen molar-refractivity contribution in [3.05, 3.63) is 24.0 Å². The van der Waals surface area contributed by atoms with Crippen molar-refractivity contribution in [2.75, 3.05) is 12.4 Å². The van der Waals surface area contributed by atoms with Gasteiger partial charge in [-0.25, -0.2) is 4.68 Å². The summed E-state index contributed by atoms with van der Waals surface area (Å²) in [5, 5.41) is 15.8. The van der Waals surface area contributed by atoms with Crippen LogP contribution in [-0.4, -0.2) is 32.2 Å². The van der Waals surface area contributed by atoms with E-state index in [0.717, 1.165) is 22.3 Å². The van der Waals surface area contributed by atoms with Gasteiger partial charge in [0, 0.05) is 24.7 Å². The van der Waals surface area contributed by atoms with Crippen molar-refractivity contribution in [1.82, 2.24) is 25.2 Å². The van der Waals surface area contributed by atoms with Gasteiger partial charge in [0.05, 0.1) is 11.7 Å². The van der Waals surface area contributed by atoms with Crippen molar-refractivity contribution in [1.29, 1.82) is 0 Å². The van der Waals surface area contributed by atoms with Crippen LogP contribution in [0.25, 0.3) is 0 Å². The highest BCUT2D eigenvalue weighted by Gasteiger charge is 2.27. The third kappa shape index (κ3) is 2.45. The van der Waals surface area contributed by atoms with Gasteiger partial charge in [0.2, 0.25) is 5.16 Å². The molecule has 1 saturated carbocycles. The summed E-state index contributed by atoms with van der Waals surface area (Å²) >= 11 is 1.63. The molecule has 0 saturated heterocycles. The molecule has 1 aliphatic carbocycles. The summed E-state index contributed by atoms with van der Waals surface area (Å²) in [5.74, 6) is 0.780. The molecule has 0 amide bonds. The number of tetrazole rings is 1. The number of anilines is 1. The molecule has 0 spiro atoms. The number of pyridine rings is 1. The first-order chi connectivity index (χ1) is 8.86. The molecule has 18 heavy (non-hydrogen) atoms. The van der Waals surface area contributed by atoms with Crippen LogP contribution in [-0.2, 0) is 5.75 Å². The molecule has 2 heterocycles. The third-order valence-corrected chi connectivity index (χ3v) is 3.78. The Morgan fingerprint density at radius 2 is 2.39 bits per heavy atom. The van der Waals surface area contributed by atoms with Crippen LogP contribution >= 0.6 is 11.8 Å². The molecule has 1 N–H and O–H groups in total. The lowest BCUT2D eigenvalue weighted by molar-refractivity contribution is 0.565. The molecule has 0 aliphatic heterocycles. The van der Waals surface area contributed by atoms with Crippen molar-refractivity contribution in [3.8, 4) is 0 Å². The summed E-state index contributed by atoms with van der Waals surface area (Å²) in [7, 11) is 1.90. The Bertz CT molecular complexity index is 536. The molecule has 0 bridgehead atoms. The maximum Gasteiger partial charge on any atom is 0.209 e. The second-order valence-corrected chi connectivity index (χ2v) is 5.15. The van der Waals surface area contributed by atoms with Crippen LogP contribution in [0.2, 0.25) is 0 Å². The Balaban J connectivity index is 1.67. The first-order valence-corrected chi connectivity index (χ1v) is 6.89. The predicted octanol–water partition coefficient (Wildman–Crippen LogP) is 1.74. The summed E-state index contributed by atoms with van der Waals surface area (Å²) < 4.78 is 1.92. The minimum absolute atomic E-state index is 0.513. The Hall–Kier alpha value is -1.63. The number of nitrogens with one attached hydrogen (secondary N) is 1. The summed E-state index contributed by atoms with van der Waals surface area (Å²) in [4.78, 5) is 4.34. The zero-order valence-electron chi connectivity index (χ0n) is 10.1. The molecular weight excluding hydrogens is 248 g/mol. The number of hydrogen-bond acceptors (Lipinski definition) is 6. The van der Waals surface area contributed by atoms with E-state index in [-0.39, 0.29) is 0 Å². The van der Waals surface area contributed by atoms with Gasteiger partial charge in [0.15, 0.2) is 0 Å². The van der Waals surface area contributed by atoms with Crippen LogP contribution in [0, 0.1) is 0 Å². The average molecular weight is 262 g/mol. The van der Waals surface area contributed by atoms with Gasteiger partial charge in [0.25, 0.3) is 0 Å². The smallest absolute Gasteiger partial charge is 0.209 e. The van der Waals surface area contributed by atoms with E-state index in [9.17, 15) is 0 Å². The molecule has 1 aliphatic rings. The van der Waals surface area contributed by atoms with Crippen molar-refractivity contribution in [3.63, 3.8) is 0 Å². The third-order valence-electron chi connectivity index (χ3n) is 2.81. The second kappa shape index (κ2) is 4.93. The number of aromatic nitrogens is 5. The fourth-order valence-corrected chi connectivity index (χ4v) is 2.53. The number of hydrogen-bond donors (Lipinski definition) is 1. The SMILES string of the molecule is CNc1ccnc(CSc2nnnn2C2CC2)c1. The van der Waals surface area contributed by atoms with Crippen LogP contribution in [0.5, 0.6) is 0 Å². The number of nitrogens with zero attached hydrogens (tertiary/aromatic N) is 5. The van der Waals surface area contributed by atoms with Gasteiger partial charge >= 0.3 is 0 Å². The molecule has 94 valence electrons. The van der Waals surface area contributed by atoms with E-state index in [2.05, 4.69) is 25.8 Å². The van der Waals surface area contributed by atoms with Crippen molar-refractivity contribution in [2.45, 2.75) is 29.8 Å². The van der Waals surface area contributed by atoms with Gasteiger partial charge in [-0.1, -0.05) is 11.8 Å². The number of rotatable bonds is 5. The van der Waals surface area contributed by atoms with Crippen LogP contribution < -0.4 is 5.32 Å². The molecule has 0 radical (unpaired) electrons. The Morgan fingerprint density at radius 1 is 1.50 bits per heavy atom. The predicted molar refractivity (Wildman–Crippen MR) is 69.4 cm³/mol. The van der Waals surface area contributed by atoms with Crippen molar-refractivity contribution >= 4 is 17.4 Å². The second-order valence-electron chi connectivity index (χ2n) is 4.21. The van der Waals surface area contributed by atoms with Gasteiger partial charge in [-0.05, 0) is 35.4 Å². The highest BCUT2D eigenvalue weighted by molar-refractivity contribution is 7.98. The van der Waals surface area contributed by atoms with E-state index in [1.807, 2.05) is 30.1 Å². The Morgan fingerprint density at radius 3 is 3.17 bits per heavy atom. The molecule has 1 fully saturated rings. The molecule has 7 heteroatoms. The maximum absolute atomic E-state index is 4.34. The summed E-state index contributed by atoms with van der Waals surface area (Å²) in [6, 6.07) is 4.50. The maximum atomic E-state index is 4.34. The standard InChI is InChI=1S/C11H14N6S/c1-12-8-4-5-13-9(6-8)7-18-11-14-15-16-17(11)10-2-3-10/h4-6,10H,2-3,7H2,1H3,(H,12,13). The van der Waals surface area contributed by atoms with Crippen LogP contribution in [0.4, 0.5) is 5.69 Å². The monoisotopic (exact) mass is 262 g/mol. The van der Waals surface area contributed by atoms with E-state index in [4.69, 9.17) is 0 Å². The van der Waals surface area contributed by atoms with E-state index in [1.54, 1.807) is 11.8 Å². The van der Waals surface area contributed by atoms with Crippen LogP contribution in [0.3, 0.4) is 0 Å². The number of thioether (sulfide) groups is 1.